The summed E-state index contributed by atoms with van der Waals surface area (Å²) in [4.78, 5) is 0. The Bertz CT molecular complexity index is 338. The molecule has 13 heavy (non-hydrogen) atoms. The molecule has 0 radical (unpaired) electrons. The summed E-state index contributed by atoms with van der Waals surface area (Å²) in [5.74, 6) is 0. The van der Waals surface area contributed by atoms with E-state index in [2.05, 4.69) is 22.0 Å². The molecule has 3 nitrogen and oxygen atoms in total. The predicted octanol–water partition coefficient (Wildman–Crippen LogP) is 1.56. The minimum absolute atomic E-state index is 0.803. The van der Waals surface area contributed by atoms with Gasteiger partial charge in [-0.05, 0) is 19.1 Å². The molecule has 0 bridgehead atoms. The fraction of sp³-hybridized carbons (Fsp3) is 0.625. The number of rotatable bonds is 1. The molecule has 0 aromatic carbocycles. The first-order valence-corrected chi connectivity index (χ1v) is 5.58. The van der Waals surface area contributed by atoms with E-state index in [0.29, 0.717) is 0 Å². The van der Waals surface area contributed by atoms with Crippen LogP contribution in [0.15, 0.2) is 5.38 Å². The lowest BCUT2D eigenvalue weighted by atomic mass is 10.5. The summed E-state index contributed by atoms with van der Waals surface area (Å²) in [6, 6.07) is 0. The van der Waals surface area contributed by atoms with Crippen molar-refractivity contribution in [1.82, 2.24) is 4.68 Å². The van der Waals surface area contributed by atoms with Crippen LogP contribution in [-0.2, 0) is 4.74 Å². The monoisotopic (exact) mass is 216 g/mol. The highest BCUT2D eigenvalue weighted by Crippen LogP contribution is 2.11. The van der Waals surface area contributed by atoms with Crippen molar-refractivity contribution in [3.05, 3.63) is 15.0 Å². The molecular formula is C8H12N2OS2. The van der Waals surface area contributed by atoms with Gasteiger partial charge in [-0.25, -0.2) is 4.68 Å². The molecule has 0 amide bonds. The second kappa shape index (κ2) is 3.77. The molecule has 1 aromatic rings. The molecule has 5 heteroatoms. The van der Waals surface area contributed by atoms with Crippen LogP contribution >= 0.6 is 23.6 Å². The van der Waals surface area contributed by atoms with Crippen molar-refractivity contribution < 1.29 is 4.74 Å². The van der Waals surface area contributed by atoms with Crippen molar-refractivity contribution in [1.29, 1.82) is 0 Å². The van der Waals surface area contributed by atoms with Crippen molar-refractivity contribution in [2.24, 2.45) is 0 Å². The zero-order chi connectivity index (χ0) is 9.26. The average Bonchev–Trinajstić information content (AvgIpc) is 2.48. The van der Waals surface area contributed by atoms with Crippen LogP contribution < -0.4 is 5.01 Å². The maximum Gasteiger partial charge on any atom is 0.180 e. The van der Waals surface area contributed by atoms with Gasteiger partial charge in [-0.2, -0.15) is 0 Å². The van der Waals surface area contributed by atoms with E-state index >= 15 is 0 Å². The van der Waals surface area contributed by atoms with Gasteiger partial charge in [0.05, 0.1) is 26.3 Å². The third-order valence-corrected chi connectivity index (χ3v) is 3.40. The second-order valence-electron chi connectivity index (χ2n) is 3.02. The number of aryl methyl sites for hydroxylation is 1. The number of thiazole rings is 1. The average molecular weight is 216 g/mol. The van der Waals surface area contributed by atoms with E-state index in [1.807, 2.05) is 0 Å². The van der Waals surface area contributed by atoms with Gasteiger partial charge in [-0.3, -0.25) is 0 Å². The van der Waals surface area contributed by atoms with Gasteiger partial charge in [0.15, 0.2) is 3.95 Å². The van der Waals surface area contributed by atoms with Crippen LogP contribution in [0.4, 0.5) is 0 Å². The zero-order valence-electron chi connectivity index (χ0n) is 7.52. The number of hydrogen-bond donors (Lipinski definition) is 0. The first-order valence-electron chi connectivity index (χ1n) is 4.29. The smallest absolute Gasteiger partial charge is 0.180 e. The molecule has 2 rings (SSSR count). The Hall–Kier alpha value is -0.390. The molecule has 0 saturated carbocycles. The highest BCUT2D eigenvalue weighted by atomic mass is 32.1. The summed E-state index contributed by atoms with van der Waals surface area (Å²) in [6.07, 6.45) is 0. The Morgan fingerprint density at radius 3 is 2.69 bits per heavy atom. The maximum absolute atomic E-state index is 5.29. The molecule has 0 aliphatic carbocycles. The highest BCUT2D eigenvalue weighted by molar-refractivity contribution is 7.73. The third kappa shape index (κ3) is 1.77. The lowest BCUT2D eigenvalue weighted by molar-refractivity contribution is 0.111. The molecule has 1 aliphatic rings. The summed E-state index contributed by atoms with van der Waals surface area (Å²) in [7, 11) is 0. The molecule has 72 valence electrons. The number of ether oxygens (including phenoxy) is 1. The van der Waals surface area contributed by atoms with Gasteiger partial charge in [-0.1, -0.05) is 0 Å². The lowest BCUT2D eigenvalue weighted by Crippen LogP contribution is -2.44. The lowest BCUT2D eigenvalue weighted by Gasteiger charge is -2.30. The molecule has 1 aliphatic heterocycles. The van der Waals surface area contributed by atoms with Crippen LogP contribution in [0.5, 0.6) is 0 Å². The Morgan fingerprint density at radius 1 is 1.46 bits per heavy atom. The van der Waals surface area contributed by atoms with Gasteiger partial charge in [-0.15, -0.1) is 11.3 Å². The molecule has 1 aromatic heterocycles. The number of hydrogen-bond acceptors (Lipinski definition) is 4. The van der Waals surface area contributed by atoms with Crippen molar-refractivity contribution in [3.63, 3.8) is 0 Å². The number of aromatic nitrogens is 1. The van der Waals surface area contributed by atoms with Gasteiger partial charge in [0.2, 0.25) is 0 Å². The molecule has 0 unspecified atom stereocenters. The number of morpholine rings is 1. The summed E-state index contributed by atoms with van der Waals surface area (Å²) in [6.45, 7) is 5.56. The second-order valence-corrected chi connectivity index (χ2v) is 4.52. The van der Waals surface area contributed by atoms with E-state index in [-0.39, 0.29) is 0 Å². The summed E-state index contributed by atoms with van der Waals surface area (Å²) < 4.78 is 8.34. The van der Waals surface area contributed by atoms with E-state index in [4.69, 9.17) is 17.0 Å². The predicted molar refractivity (Wildman–Crippen MR) is 56.7 cm³/mol. The van der Waals surface area contributed by atoms with Crippen LogP contribution in [-0.4, -0.2) is 31.0 Å². The Morgan fingerprint density at radius 2 is 2.15 bits per heavy atom. The molecule has 1 saturated heterocycles. The quantitative estimate of drug-likeness (QED) is 0.663. The largest absolute Gasteiger partial charge is 0.378 e. The minimum Gasteiger partial charge on any atom is -0.378 e. The third-order valence-electron chi connectivity index (χ3n) is 2.11. The van der Waals surface area contributed by atoms with Crippen LogP contribution in [0.2, 0.25) is 0 Å². The van der Waals surface area contributed by atoms with Gasteiger partial charge in [0.1, 0.15) is 0 Å². The van der Waals surface area contributed by atoms with Crippen molar-refractivity contribution >= 4 is 23.6 Å². The molecular weight excluding hydrogens is 204 g/mol. The summed E-state index contributed by atoms with van der Waals surface area (Å²) in [5.41, 5.74) is 1.22. The standard InChI is InChI=1S/C8H12N2OS2/c1-7-6-13-8(12)10(7)9-2-4-11-5-3-9/h6H,2-5H2,1H3. The Balaban J connectivity index is 2.27. The van der Waals surface area contributed by atoms with Crippen LogP contribution in [0.3, 0.4) is 0 Å². The van der Waals surface area contributed by atoms with Crippen molar-refractivity contribution in [2.75, 3.05) is 31.3 Å². The molecule has 2 heterocycles. The highest BCUT2D eigenvalue weighted by Gasteiger charge is 2.12. The van der Waals surface area contributed by atoms with E-state index < -0.39 is 0 Å². The summed E-state index contributed by atoms with van der Waals surface area (Å²) >= 11 is 6.87. The fourth-order valence-corrected chi connectivity index (χ4v) is 2.61. The van der Waals surface area contributed by atoms with Crippen molar-refractivity contribution in [2.45, 2.75) is 6.92 Å². The molecule has 0 spiro atoms. The van der Waals surface area contributed by atoms with E-state index in [9.17, 15) is 0 Å². The van der Waals surface area contributed by atoms with Crippen LogP contribution in [0.1, 0.15) is 5.69 Å². The van der Waals surface area contributed by atoms with Gasteiger partial charge >= 0.3 is 0 Å². The fourth-order valence-electron chi connectivity index (χ4n) is 1.47. The zero-order valence-corrected chi connectivity index (χ0v) is 9.16. The normalized spacial score (nSPS) is 17.8. The van der Waals surface area contributed by atoms with E-state index in [0.717, 1.165) is 30.3 Å². The van der Waals surface area contributed by atoms with E-state index in [1.165, 1.54) is 5.69 Å². The topological polar surface area (TPSA) is 17.4 Å². The van der Waals surface area contributed by atoms with Gasteiger partial charge in [0.25, 0.3) is 0 Å². The van der Waals surface area contributed by atoms with Crippen molar-refractivity contribution in [3.8, 4) is 0 Å². The minimum atomic E-state index is 0.803. The van der Waals surface area contributed by atoms with E-state index in [1.54, 1.807) is 11.3 Å². The van der Waals surface area contributed by atoms with Crippen LogP contribution in [0.25, 0.3) is 0 Å². The summed E-state index contributed by atoms with van der Waals surface area (Å²) in [5, 5.41) is 4.34. The van der Waals surface area contributed by atoms with Gasteiger partial charge < -0.3 is 9.75 Å². The Labute approximate surface area is 86.5 Å². The number of nitrogens with zero attached hydrogens (tertiary/aromatic N) is 2. The Kier molecular flexibility index (Phi) is 2.66. The first-order chi connectivity index (χ1) is 6.29. The van der Waals surface area contributed by atoms with Crippen LogP contribution in [0, 0.1) is 10.9 Å². The molecule has 1 fully saturated rings. The maximum atomic E-state index is 5.29. The first kappa shape index (κ1) is 9.18. The molecule has 0 atom stereocenters. The SMILES string of the molecule is Cc1csc(=S)n1N1CCOCC1. The molecule has 0 N–H and O–H groups in total. The van der Waals surface area contributed by atoms with Gasteiger partial charge in [0, 0.05) is 11.1 Å².